The fourth-order valence-electron chi connectivity index (χ4n) is 3.56. The highest BCUT2D eigenvalue weighted by molar-refractivity contribution is 5.84. The van der Waals surface area contributed by atoms with Gasteiger partial charge in [0, 0.05) is 42.7 Å². The number of hydrogen-bond donors (Lipinski definition) is 2. The molecule has 1 aliphatic rings. The number of hydrogen-bond acceptors (Lipinski definition) is 2. The number of fused-ring (bicyclic) bond motifs is 3. The van der Waals surface area contributed by atoms with Crippen molar-refractivity contribution in [3.8, 4) is 0 Å². The molecule has 1 aromatic carbocycles. The lowest BCUT2D eigenvalue weighted by atomic mass is 10.0. The van der Waals surface area contributed by atoms with Crippen LogP contribution in [0.5, 0.6) is 0 Å². The lowest BCUT2D eigenvalue weighted by Gasteiger charge is -2.26. The highest BCUT2D eigenvalue weighted by Gasteiger charge is 2.21. The van der Waals surface area contributed by atoms with Crippen LogP contribution in [-0.4, -0.2) is 26.6 Å². The van der Waals surface area contributed by atoms with Crippen LogP contribution in [0.3, 0.4) is 0 Å². The molecule has 0 spiro atoms. The van der Waals surface area contributed by atoms with Crippen LogP contribution in [0, 0.1) is 6.92 Å². The van der Waals surface area contributed by atoms with Crippen LogP contribution in [0.4, 0.5) is 0 Å². The maximum absolute atomic E-state index is 4.43. The van der Waals surface area contributed by atoms with Gasteiger partial charge >= 0.3 is 0 Å². The quantitative estimate of drug-likeness (QED) is 0.778. The van der Waals surface area contributed by atoms with Crippen molar-refractivity contribution >= 4 is 10.9 Å². The molecule has 1 aliphatic heterocycles. The third-order valence-corrected chi connectivity index (χ3v) is 4.89. The van der Waals surface area contributed by atoms with Crippen molar-refractivity contribution in [3.05, 3.63) is 52.5 Å². The van der Waals surface area contributed by atoms with E-state index in [1.807, 2.05) is 0 Å². The monoisotopic (exact) mass is 294 g/mol. The molecule has 2 aromatic heterocycles. The van der Waals surface area contributed by atoms with Crippen LogP contribution in [0.15, 0.2) is 24.3 Å². The Kier molecular flexibility index (Phi) is 3.26. The molecular weight excluding hydrogens is 272 g/mol. The minimum atomic E-state index is 0.956. The zero-order valence-electron chi connectivity index (χ0n) is 13.2. The molecule has 0 bridgehead atoms. The molecule has 0 atom stereocenters. The van der Waals surface area contributed by atoms with Crippen LogP contribution < -0.4 is 0 Å². The van der Waals surface area contributed by atoms with E-state index >= 15 is 0 Å². The van der Waals surface area contributed by atoms with E-state index in [0.29, 0.717) is 0 Å². The Morgan fingerprint density at radius 3 is 2.95 bits per heavy atom. The maximum Gasteiger partial charge on any atom is 0.0651 e. The number of aromatic amines is 2. The third-order valence-electron chi connectivity index (χ3n) is 4.89. The molecule has 4 nitrogen and oxygen atoms in total. The Labute approximate surface area is 130 Å². The first-order valence-corrected chi connectivity index (χ1v) is 8.09. The van der Waals surface area contributed by atoms with Crippen LogP contribution in [-0.2, 0) is 25.9 Å². The van der Waals surface area contributed by atoms with E-state index in [4.69, 9.17) is 0 Å². The van der Waals surface area contributed by atoms with E-state index in [0.717, 1.165) is 32.5 Å². The Morgan fingerprint density at radius 1 is 1.27 bits per heavy atom. The van der Waals surface area contributed by atoms with Gasteiger partial charge in [0.25, 0.3) is 0 Å². The summed E-state index contributed by atoms with van der Waals surface area (Å²) in [5.41, 5.74) is 7.93. The summed E-state index contributed by atoms with van der Waals surface area (Å²) in [7, 11) is 0. The SMILES string of the molecule is CCc1n[nH]c(CN2CCc3[nH]c4ccccc4c3C2)c1C. The van der Waals surface area contributed by atoms with Gasteiger partial charge in [0.1, 0.15) is 0 Å². The van der Waals surface area contributed by atoms with Crippen molar-refractivity contribution in [2.45, 2.75) is 39.8 Å². The van der Waals surface area contributed by atoms with Gasteiger partial charge in [0.05, 0.1) is 11.4 Å². The first kappa shape index (κ1) is 13.6. The van der Waals surface area contributed by atoms with Crippen molar-refractivity contribution in [2.75, 3.05) is 6.54 Å². The minimum absolute atomic E-state index is 0.956. The van der Waals surface area contributed by atoms with Crippen molar-refractivity contribution in [1.82, 2.24) is 20.1 Å². The van der Waals surface area contributed by atoms with Crippen molar-refractivity contribution in [3.63, 3.8) is 0 Å². The summed E-state index contributed by atoms with van der Waals surface area (Å²) in [6, 6.07) is 8.62. The minimum Gasteiger partial charge on any atom is -0.358 e. The second-order valence-electron chi connectivity index (χ2n) is 6.22. The molecule has 0 unspecified atom stereocenters. The lowest BCUT2D eigenvalue weighted by Crippen LogP contribution is -2.30. The molecule has 0 amide bonds. The number of aryl methyl sites for hydroxylation is 1. The molecule has 4 rings (SSSR count). The summed E-state index contributed by atoms with van der Waals surface area (Å²) in [5.74, 6) is 0. The molecule has 0 fully saturated rings. The average Bonchev–Trinajstić information content (AvgIpc) is 3.08. The van der Waals surface area contributed by atoms with Crippen molar-refractivity contribution in [2.24, 2.45) is 0 Å². The predicted molar refractivity (Wildman–Crippen MR) is 88.8 cm³/mol. The Bertz CT molecular complexity index is 812. The van der Waals surface area contributed by atoms with Crippen LogP contribution in [0.1, 0.15) is 35.1 Å². The number of para-hydroxylation sites is 1. The van der Waals surface area contributed by atoms with E-state index in [-0.39, 0.29) is 0 Å². The second kappa shape index (κ2) is 5.29. The van der Waals surface area contributed by atoms with Crippen LogP contribution >= 0.6 is 0 Å². The van der Waals surface area contributed by atoms with Gasteiger partial charge in [-0.2, -0.15) is 5.10 Å². The van der Waals surface area contributed by atoms with Crippen molar-refractivity contribution in [1.29, 1.82) is 0 Å². The van der Waals surface area contributed by atoms with Gasteiger partial charge < -0.3 is 4.98 Å². The lowest BCUT2D eigenvalue weighted by molar-refractivity contribution is 0.242. The molecule has 4 heteroatoms. The fraction of sp³-hybridized carbons (Fsp3) is 0.389. The number of benzene rings is 1. The van der Waals surface area contributed by atoms with Gasteiger partial charge in [-0.3, -0.25) is 10.00 Å². The molecular formula is C18H22N4. The molecule has 0 saturated carbocycles. The second-order valence-corrected chi connectivity index (χ2v) is 6.22. The first-order valence-electron chi connectivity index (χ1n) is 8.09. The first-order chi connectivity index (χ1) is 10.8. The summed E-state index contributed by atoms with van der Waals surface area (Å²) in [5, 5.41) is 9.03. The fourth-order valence-corrected chi connectivity index (χ4v) is 3.56. The number of H-pyrrole nitrogens is 2. The predicted octanol–water partition coefficient (Wildman–Crippen LogP) is 3.32. The van der Waals surface area contributed by atoms with Crippen molar-refractivity contribution < 1.29 is 0 Å². The standard InChI is InChI=1S/C18H22N4/c1-3-15-12(2)18(21-20-15)11-22-9-8-17-14(10-22)13-6-4-5-7-16(13)19-17/h4-7,19H,3,8-11H2,1-2H3,(H,20,21). The highest BCUT2D eigenvalue weighted by atomic mass is 15.2. The van der Waals surface area contributed by atoms with E-state index in [9.17, 15) is 0 Å². The number of nitrogens with one attached hydrogen (secondary N) is 2. The largest absolute Gasteiger partial charge is 0.358 e. The Morgan fingerprint density at radius 2 is 2.14 bits per heavy atom. The molecule has 3 aromatic rings. The summed E-state index contributed by atoms with van der Waals surface area (Å²) < 4.78 is 0. The molecule has 0 saturated heterocycles. The Hall–Kier alpha value is -2.07. The summed E-state index contributed by atoms with van der Waals surface area (Å²) in [4.78, 5) is 6.09. The van der Waals surface area contributed by atoms with Gasteiger partial charge in [-0.05, 0) is 30.5 Å². The van der Waals surface area contributed by atoms with E-state index in [2.05, 4.69) is 58.2 Å². The average molecular weight is 294 g/mol. The summed E-state index contributed by atoms with van der Waals surface area (Å²) >= 11 is 0. The molecule has 0 radical (unpaired) electrons. The van der Waals surface area contributed by atoms with E-state index < -0.39 is 0 Å². The third kappa shape index (κ3) is 2.15. The zero-order chi connectivity index (χ0) is 15.1. The summed E-state index contributed by atoms with van der Waals surface area (Å²) in [6.07, 6.45) is 2.09. The van der Waals surface area contributed by atoms with Crippen LogP contribution in [0.2, 0.25) is 0 Å². The highest BCUT2D eigenvalue weighted by Crippen LogP contribution is 2.28. The van der Waals surface area contributed by atoms with Gasteiger partial charge in [-0.15, -0.1) is 0 Å². The van der Waals surface area contributed by atoms with Gasteiger partial charge in [0.15, 0.2) is 0 Å². The van der Waals surface area contributed by atoms with Gasteiger partial charge in [0.2, 0.25) is 0 Å². The van der Waals surface area contributed by atoms with E-state index in [1.54, 1.807) is 0 Å². The molecule has 0 aliphatic carbocycles. The van der Waals surface area contributed by atoms with Gasteiger partial charge in [-0.25, -0.2) is 0 Å². The normalized spacial score (nSPS) is 15.4. The smallest absolute Gasteiger partial charge is 0.0651 e. The van der Waals surface area contributed by atoms with Crippen LogP contribution in [0.25, 0.3) is 10.9 Å². The van der Waals surface area contributed by atoms with E-state index in [1.165, 1.54) is 39.1 Å². The molecule has 114 valence electrons. The molecule has 2 N–H and O–H groups in total. The maximum atomic E-state index is 4.43. The molecule has 3 heterocycles. The number of nitrogens with zero attached hydrogens (tertiary/aromatic N) is 2. The topological polar surface area (TPSA) is 47.7 Å². The number of rotatable bonds is 3. The zero-order valence-corrected chi connectivity index (χ0v) is 13.2. The number of aromatic nitrogens is 3. The van der Waals surface area contributed by atoms with Gasteiger partial charge in [-0.1, -0.05) is 25.1 Å². The summed E-state index contributed by atoms with van der Waals surface area (Å²) in [6.45, 7) is 7.40. The Balaban J connectivity index is 1.60. The molecule has 22 heavy (non-hydrogen) atoms.